The molecule has 1 fully saturated rings. The van der Waals surface area contributed by atoms with E-state index in [1.807, 2.05) is 71.5 Å². The van der Waals surface area contributed by atoms with Gasteiger partial charge in [-0.3, -0.25) is 9.69 Å². The van der Waals surface area contributed by atoms with E-state index < -0.39 is 0 Å². The quantitative estimate of drug-likeness (QED) is 0.346. The van der Waals surface area contributed by atoms with E-state index in [0.29, 0.717) is 12.1 Å². The molecule has 8 heteroatoms. The number of carbonyl (C=O) groups is 1. The SMILES string of the molecule is COc1ccc(Nc2ccc3c(cnn3-c3cccc(C(=O)NCCCN4CCOCC4)c3)c2)cc1. The van der Waals surface area contributed by atoms with Gasteiger partial charge in [-0.1, -0.05) is 6.07 Å². The molecule has 8 nitrogen and oxygen atoms in total. The molecule has 1 amide bonds. The Morgan fingerprint density at radius 1 is 1.03 bits per heavy atom. The van der Waals surface area contributed by atoms with Crippen molar-refractivity contribution in [2.24, 2.45) is 0 Å². The molecule has 1 saturated heterocycles. The Hall–Kier alpha value is -3.88. The first kappa shape index (κ1) is 23.8. The van der Waals surface area contributed by atoms with Crippen molar-refractivity contribution < 1.29 is 14.3 Å². The molecule has 0 atom stereocenters. The third-order valence-electron chi connectivity index (χ3n) is 6.34. The summed E-state index contributed by atoms with van der Waals surface area (Å²) in [5, 5.41) is 12.0. The monoisotopic (exact) mass is 485 g/mol. The van der Waals surface area contributed by atoms with Crippen molar-refractivity contribution in [3.8, 4) is 11.4 Å². The number of carbonyl (C=O) groups excluding carboxylic acids is 1. The van der Waals surface area contributed by atoms with Gasteiger partial charge >= 0.3 is 0 Å². The Kier molecular flexibility index (Phi) is 7.44. The largest absolute Gasteiger partial charge is 0.497 e. The van der Waals surface area contributed by atoms with Crippen LogP contribution in [0.25, 0.3) is 16.6 Å². The van der Waals surface area contributed by atoms with Crippen LogP contribution in [0.2, 0.25) is 0 Å². The number of amides is 1. The maximum atomic E-state index is 12.7. The van der Waals surface area contributed by atoms with Crippen LogP contribution in [0.5, 0.6) is 5.75 Å². The van der Waals surface area contributed by atoms with Crippen molar-refractivity contribution in [3.05, 3.63) is 78.5 Å². The van der Waals surface area contributed by atoms with E-state index >= 15 is 0 Å². The number of benzene rings is 3. The van der Waals surface area contributed by atoms with Crippen molar-refractivity contribution in [1.29, 1.82) is 0 Å². The lowest BCUT2D eigenvalue weighted by Crippen LogP contribution is -2.38. The standard InChI is InChI=1S/C28H31N5O3/c1-35-26-9-6-23(7-10-26)31-24-8-11-27-22(18-24)20-30-33(27)25-5-2-4-21(19-25)28(34)29-12-3-13-32-14-16-36-17-15-32/h2,4-11,18-20,31H,3,12-17H2,1H3,(H,29,34). The molecule has 4 aromatic rings. The number of aromatic nitrogens is 2. The molecule has 0 unspecified atom stereocenters. The van der Waals surface area contributed by atoms with E-state index in [9.17, 15) is 4.79 Å². The van der Waals surface area contributed by atoms with E-state index in [0.717, 1.165) is 73.0 Å². The lowest BCUT2D eigenvalue weighted by molar-refractivity contribution is 0.0374. The fourth-order valence-corrected chi connectivity index (χ4v) is 4.37. The number of methoxy groups -OCH3 is 1. The Morgan fingerprint density at radius 2 is 1.83 bits per heavy atom. The highest BCUT2D eigenvalue weighted by molar-refractivity contribution is 5.95. The van der Waals surface area contributed by atoms with Gasteiger partial charge in [-0.2, -0.15) is 5.10 Å². The molecule has 5 rings (SSSR count). The molecule has 0 saturated carbocycles. The third-order valence-corrected chi connectivity index (χ3v) is 6.34. The molecule has 0 radical (unpaired) electrons. The fourth-order valence-electron chi connectivity index (χ4n) is 4.37. The molecular formula is C28H31N5O3. The number of hydrogen-bond acceptors (Lipinski definition) is 6. The summed E-state index contributed by atoms with van der Waals surface area (Å²) in [5.74, 6) is 0.752. The second-order valence-corrected chi connectivity index (χ2v) is 8.80. The molecule has 1 aromatic heterocycles. The van der Waals surface area contributed by atoms with Crippen molar-refractivity contribution in [3.63, 3.8) is 0 Å². The van der Waals surface area contributed by atoms with Crippen LogP contribution >= 0.6 is 0 Å². The smallest absolute Gasteiger partial charge is 0.251 e. The van der Waals surface area contributed by atoms with Gasteiger partial charge in [-0.15, -0.1) is 0 Å². The van der Waals surface area contributed by atoms with E-state index in [-0.39, 0.29) is 5.91 Å². The lowest BCUT2D eigenvalue weighted by atomic mass is 10.1. The lowest BCUT2D eigenvalue weighted by Gasteiger charge is -2.26. The molecule has 1 aliphatic heterocycles. The summed E-state index contributed by atoms with van der Waals surface area (Å²) in [5.41, 5.74) is 4.39. The number of hydrogen-bond donors (Lipinski definition) is 2. The Balaban J connectivity index is 1.23. The van der Waals surface area contributed by atoms with Crippen LogP contribution in [0.3, 0.4) is 0 Å². The van der Waals surface area contributed by atoms with Crippen LogP contribution in [-0.2, 0) is 4.74 Å². The summed E-state index contributed by atoms with van der Waals surface area (Å²) < 4.78 is 12.5. The minimum absolute atomic E-state index is 0.0683. The van der Waals surface area contributed by atoms with E-state index in [1.165, 1.54) is 0 Å². The van der Waals surface area contributed by atoms with Gasteiger partial charge in [0.25, 0.3) is 5.91 Å². The summed E-state index contributed by atoms with van der Waals surface area (Å²) in [6.45, 7) is 5.14. The molecule has 0 bridgehead atoms. The first-order chi connectivity index (χ1) is 17.7. The first-order valence-electron chi connectivity index (χ1n) is 12.3. The fraction of sp³-hybridized carbons (Fsp3) is 0.286. The normalized spacial score (nSPS) is 14.0. The van der Waals surface area contributed by atoms with Gasteiger partial charge in [0.05, 0.1) is 37.7 Å². The Labute approximate surface area is 210 Å². The predicted molar refractivity (Wildman–Crippen MR) is 142 cm³/mol. The minimum Gasteiger partial charge on any atom is -0.497 e. The highest BCUT2D eigenvalue weighted by Crippen LogP contribution is 2.25. The summed E-state index contributed by atoms with van der Waals surface area (Å²) in [7, 11) is 1.66. The van der Waals surface area contributed by atoms with Crippen LogP contribution in [0.15, 0.2) is 72.9 Å². The maximum absolute atomic E-state index is 12.7. The second-order valence-electron chi connectivity index (χ2n) is 8.80. The van der Waals surface area contributed by atoms with Gasteiger partial charge < -0.3 is 20.1 Å². The molecule has 0 spiro atoms. The van der Waals surface area contributed by atoms with Crippen LogP contribution in [0.1, 0.15) is 16.8 Å². The zero-order valence-electron chi connectivity index (χ0n) is 20.4. The number of nitrogens with one attached hydrogen (secondary N) is 2. The van der Waals surface area contributed by atoms with Crippen LogP contribution in [-0.4, -0.2) is 67.1 Å². The summed E-state index contributed by atoms with van der Waals surface area (Å²) in [6.07, 6.45) is 2.76. The topological polar surface area (TPSA) is 80.6 Å². The highest BCUT2D eigenvalue weighted by Gasteiger charge is 2.12. The molecular weight excluding hydrogens is 454 g/mol. The summed E-state index contributed by atoms with van der Waals surface area (Å²) in [6, 6.07) is 21.5. The van der Waals surface area contributed by atoms with Gasteiger partial charge in [0, 0.05) is 42.0 Å². The Bertz CT molecular complexity index is 1310. The van der Waals surface area contributed by atoms with Gasteiger partial charge in [0.1, 0.15) is 5.75 Å². The number of rotatable bonds is 9. The number of ether oxygens (including phenoxy) is 2. The van der Waals surface area contributed by atoms with Crippen LogP contribution < -0.4 is 15.4 Å². The van der Waals surface area contributed by atoms with Crippen molar-refractivity contribution in [1.82, 2.24) is 20.0 Å². The van der Waals surface area contributed by atoms with Crippen molar-refractivity contribution >= 4 is 28.2 Å². The zero-order valence-corrected chi connectivity index (χ0v) is 20.4. The van der Waals surface area contributed by atoms with Crippen molar-refractivity contribution in [2.45, 2.75) is 6.42 Å². The first-order valence-corrected chi connectivity index (χ1v) is 12.3. The number of nitrogens with zero attached hydrogens (tertiary/aromatic N) is 3. The third kappa shape index (κ3) is 5.67. The van der Waals surface area contributed by atoms with E-state index in [2.05, 4.69) is 26.7 Å². The molecule has 2 N–H and O–H groups in total. The maximum Gasteiger partial charge on any atom is 0.251 e. The zero-order chi connectivity index (χ0) is 24.7. The molecule has 1 aliphatic rings. The minimum atomic E-state index is -0.0683. The molecule has 0 aliphatic carbocycles. The van der Waals surface area contributed by atoms with Crippen LogP contribution in [0, 0.1) is 0 Å². The average Bonchev–Trinajstić information content (AvgIpc) is 3.35. The molecule has 186 valence electrons. The molecule has 3 aromatic carbocycles. The molecule has 36 heavy (non-hydrogen) atoms. The van der Waals surface area contributed by atoms with E-state index in [1.54, 1.807) is 7.11 Å². The number of anilines is 2. The summed E-state index contributed by atoms with van der Waals surface area (Å²) >= 11 is 0. The van der Waals surface area contributed by atoms with E-state index in [4.69, 9.17) is 9.47 Å². The van der Waals surface area contributed by atoms with Gasteiger partial charge in [0.15, 0.2) is 0 Å². The predicted octanol–water partition coefficient (Wildman–Crippen LogP) is 4.23. The highest BCUT2D eigenvalue weighted by atomic mass is 16.5. The number of morpholine rings is 1. The number of fused-ring (bicyclic) bond motifs is 1. The van der Waals surface area contributed by atoms with Gasteiger partial charge in [-0.05, 0) is 73.6 Å². The second kappa shape index (κ2) is 11.2. The van der Waals surface area contributed by atoms with Gasteiger partial charge in [0.2, 0.25) is 0 Å². The Morgan fingerprint density at radius 3 is 2.64 bits per heavy atom. The average molecular weight is 486 g/mol. The van der Waals surface area contributed by atoms with Crippen molar-refractivity contribution in [2.75, 3.05) is 51.8 Å². The summed E-state index contributed by atoms with van der Waals surface area (Å²) in [4.78, 5) is 15.1. The van der Waals surface area contributed by atoms with Crippen LogP contribution in [0.4, 0.5) is 11.4 Å². The van der Waals surface area contributed by atoms with Gasteiger partial charge in [-0.25, -0.2) is 4.68 Å². The molecule has 2 heterocycles.